The van der Waals surface area contributed by atoms with Gasteiger partial charge in [0.05, 0.1) is 22.4 Å². The number of benzene rings is 5. The van der Waals surface area contributed by atoms with Gasteiger partial charge in [0.2, 0.25) is 0 Å². The Balaban J connectivity index is 0.000000211. The molecule has 8 aromatic rings. The van der Waals surface area contributed by atoms with Crippen molar-refractivity contribution in [1.29, 1.82) is 0 Å². The molecular formula is C49H51GeIrN3O-2. The minimum atomic E-state index is -1.86. The Morgan fingerprint density at radius 1 is 0.709 bits per heavy atom. The van der Waals surface area contributed by atoms with Crippen LogP contribution in [0, 0.1) is 18.1 Å². The molecule has 0 atom stereocenters. The molecule has 55 heavy (non-hydrogen) atoms. The molecule has 3 aromatic heterocycles. The number of fused-ring (bicyclic) bond motifs is 4. The molecule has 0 aliphatic rings. The van der Waals surface area contributed by atoms with E-state index >= 15 is 0 Å². The summed E-state index contributed by atoms with van der Waals surface area (Å²) in [6.45, 7) is 13.6. The third kappa shape index (κ3) is 8.45. The van der Waals surface area contributed by atoms with Crippen molar-refractivity contribution in [3.63, 3.8) is 0 Å². The fraction of sp³-hybridized carbons (Fsp3) is 0.265. The van der Waals surface area contributed by atoms with E-state index in [4.69, 9.17) is 14.4 Å². The summed E-state index contributed by atoms with van der Waals surface area (Å²) in [5.74, 6) is 9.66. The van der Waals surface area contributed by atoms with Crippen LogP contribution in [0.1, 0.15) is 70.1 Å². The van der Waals surface area contributed by atoms with E-state index in [0.717, 1.165) is 62.0 Å². The first kappa shape index (κ1) is 40.4. The molecule has 0 unspecified atom stereocenters. The molecule has 0 saturated carbocycles. The Morgan fingerprint density at radius 3 is 2.07 bits per heavy atom. The number of imidazole rings is 1. The molecule has 283 valence electrons. The Hall–Kier alpha value is -4.29. The van der Waals surface area contributed by atoms with Crippen molar-refractivity contribution in [3.05, 3.63) is 144 Å². The molecule has 0 amide bonds. The first-order valence-electron chi connectivity index (χ1n) is 19.3. The van der Waals surface area contributed by atoms with Crippen LogP contribution in [0.15, 0.2) is 120 Å². The van der Waals surface area contributed by atoms with Crippen LogP contribution in [0.2, 0.25) is 17.3 Å². The quantitative estimate of drug-likeness (QED) is 0.113. The topological polar surface area (TPSA) is 43.9 Å². The maximum atomic E-state index is 6.06. The Labute approximate surface area is 343 Å². The standard InChI is InChI=1S/C31H27N2O.C18H24GeN.Ir/c1-19(2)22-11-9-12-23(20(3)4)30(22)33-27-14-7-6-13-26(27)32-31(33)21-16-17-29-25(18-21)24-10-5-8-15-28(24)34-29;1-14(2)11-16-12-18(15-9-7-6-8-10-15)20-13-17(16)19(3,4)5;/h5-15,17-20H,1-4H3;6-9,12-14H,11H2,1-5H3;/q2*-1;. The van der Waals surface area contributed by atoms with Gasteiger partial charge in [-0.15, -0.1) is 23.8 Å². The zero-order valence-electron chi connectivity index (χ0n) is 33.5. The molecular weight excluding hydrogens is 911 g/mol. The summed E-state index contributed by atoms with van der Waals surface area (Å²) in [7, 11) is 0. The molecule has 4 nitrogen and oxygen atoms in total. The normalized spacial score (nSPS) is 11.8. The van der Waals surface area contributed by atoms with Gasteiger partial charge in [0.1, 0.15) is 5.58 Å². The van der Waals surface area contributed by atoms with Gasteiger partial charge in [-0.2, -0.15) is 0 Å². The number of furan rings is 1. The fourth-order valence-corrected chi connectivity index (χ4v) is 10.8. The molecule has 8 rings (SSSR count). The van der Waals surface area contributed by atoms with Crippen molar-refractivity contribution in [3.8, 4) is 28.3 Å². The zero-order valence-corrected chi connectivity index (χ0v) is 38.0. The SMILES string of the molecule is CC(C)Cc1cc(-c2[c-]cccc2)nc[c]1[Ge]([CH3])([CH3])[CH3].CC(C)c1cccc(C(C)C)c1-n1c(-c2[c-]cc3oc4ccccc4c3c2)nc2ccccc21.[Ir]. The summed E-state index contributed by atoms with van der Waals surface area (Å²) >= 11 is -1.86. The van der Waals surface area contributed by atoms with Crippen molar-refractivity contribution >= 4 is 50.6 Å². The monoisotopic (exact) mass is 964 g/mol. The molecule has 0 spiro atoms. The second-order valence-corrected chi connectivity index (χ2v) is 27.0. The van der Waals surface area contributed by atoms with Gasteiger partial charge in [0, 0.05) is 31.2 Å². The predicted octanol–water partition coefficient (Wildman–Crippen LogP) is 12.9. The largest absolute Gasteiger partial charge is 0.500 e. The maximum absolute atomic E-state index is 6.06. The molecule has 0 bridgehead atoms. The molecule has 0 saturated heterocycles. The Kier molecular flexibility index (Phi) is 12.4. The number of hydrogen-bond acceptors (Lipinski definition) is 3. The van der Waals surface area contributed by atoms with Gasteiger partial charge < -0.3 is 8.98 Å². The summed E-state index contributed by atoms with van der Waals surface area (Å²) in [5, 5.41) is 2.20. The number of hydrogen-bond donors (Lipinski definition) is 0. The summed E-state index contributed by atoms with van der Waals surface area (Å²) in [6, 6.07) is 44.5. The third-order valence-electron chi connectivity index (χ3n) is 10.1. The Bertz CT molecular complexity index is 2530. The van der Waals surface area contributed by atoms with E-state index in [1.165, 1.54) is 22.4 Å². The molecule has 5 aromatic carbocycles. The third-order valence-corrected chi connectivity index (χ3v) is 14.4. The number of aromatic nitrogens is 3. The van der Waals surface area contributed by atoms with Crippen LogP contribution < -0.4 is 4.40 Å². The second kappa shape index (κ2) is 16.8. The van der Waals surface area contributed by atoms with E-state index in [1.807, 2.05) is 36.4 Å². The van der Waals surface area contributed by atoms with Crippen LogP contribution in [0.25, 0.3) is 61.3 Å². The summed E-state index contributed by atoms with van der Waals surface area (Å²) in [4.78, 5) is 9.83. The van der Waals surface area contributed by atoms with Crippen LogP contribution in [-0.2, 0) is 26.5 Å². The van der Waals surface area contributed by atoms with Crippen LogP contribution in [0.5, 0.6) is 0 Å². The number of pyridine rings is 1. The number of rotatable bonds is 8. The predicted molar refractivity (Wildman–Crippen MR) is 231 cm³/mol. The maximum Gasteiger partial charge on any atom is 0.120 e. The first-order chi connectivity index (χ1) is 25.9. The molecule has 6 heteroatoms. The second-order valence-electron chi connectivity index (χ2n) is 16.4. The van der Waals surface area contributed by atoms with Crippen molar-refractivity contribution in [1.82, 2.24) is 14.5 Å². The van der Waals surface area contributed by atoms with Crippen molar-refractivity contribution in [2.75, 3.05) is 0 Å². The van der Waals surface area contributed by atoms with Crippen LogP contribution in [0.4, 0.5) is 0 Å². The van der Waals surface area contributed by atoms with Crippen molar-refractivity contribution < 1.29 is 24.5 Å². The van der Waals surface area contributed by atoms with Gasteiger partial charge in [0.25, 0.3) is 0 Å². The number of nitrogens with zero attached hydrogens (tertiary/aromatic N) is 3. The molecule has 1 radical (unpaired) electrons. The molecule has 0 aliphatic heterocycles. The smallest absolute Gasteiger partial charge is 0.120 e. The molecule has 0 fully saturated rings. The van der Waals surface area contributed by atoms with E-state index in [-0.39, 0.29) is 20.1 Å². The van der Waals surface area contributed by atoms with E-state index < -0.39 is 13.3 Å². The minimum Gasteiger partial charge on any atom is -0.500 e. The van der Waals surface area contributed by atoms with E-state index in [1.54, 1.807) is 4.40 Å². The summed E-state index contributed by atoms with van der Waals surface area (Å²) in [6.07, 6.45) is 3.27. The summed E-state index contributed by atoms with van der Waals surface area (Å²) < 4.78 is 9.95. The van der Waals surface area contributed by atoms with Crippen LogP contribution in [0.3, 0.4) is 0 Å². The van der Waals surface area contributed by atoms with Crippen LogP contribution >= 0.6 is 0 Å². The zero-order chi connectivity index (χ0) is 38.1. The van der Waals surface area contributed by atoms with Gasteiger partial charge >= 0.3 is 126 Å². The fourth-order valence-electron chi connectivity index (χ4n) is 7.48. The minimum absolute atomic E-state index is 0. The van der Waals surface area contributed by atoms with Gasteiger partial charge in [-0.05, 0) is 41.2 Å². The number of para-hydroxylation sites is 4. The first-order valence-corrected chi connectivity index (χ1v) is 26.7. The van der Waals surface area contributed by atoms with Crippen LogP contribution in [-0.4, -0.2) is 27.8 Å². The van der Waals surface area contributed by atoms with Crippen molar-refractivity contribution in [2.45, 2.75) is 77.1 Å². The van der Waals surface area contributed by atoms with E-state index in [0.29, 0.717) is 17.8 Å². The molecule has 3 heterocycles. The van der Waals surface area contributed by atoms with Gasteiger partial charge in [0.15, 0.2) is 0 Å². The summed E-state index contributed by atoms with van der Waals surface area (Å²) in [5.41, 5.74) is 12.3. The van der Waals surface area contributed by atoms with Gasteiger partial charge in [-0.1, -0.05) is 81.6 Å². The van der Waals surface area contributed by atoms with E-state index in [2.05, 4.69) is 155 Å². The molecule has 0 N–H and O–H groups in total. The molecule has 0 aliphatic carbocycles. The average Bonchev–Trinajstić information content (AvgIpc) is 3.72. The Morgan fingerprint density at radius 2 is 1.40 bits per heavy atom. The van der Waals surface area contributed by atoms with E-state index in [9.17, 15) is 0 Å². The van der Waals surface area contributed by atoms with Crippen molar-refractivity contribution in [2.24, 2.45) is 5.92 Å². The van der Waals surface area contributed by atoms with Gasteiger partial charge in [-0.25, -0.2) is 0 Å². The van der Waals surface area contributed by atoms with Gasteiger partial charge in [-0.3, -0.25) is 4.98 Å². The average molecular weight is 963 g/mol.